The van der Waals surface area contributed by atoms with Gasteiger partial charge in [0.15, 0.2) is 0 Å². The van der Waals surface area contributed by atoms with Crippen molar-refractivity contribution in [3.05, 3.63) is 46.8 Å². The number of piperazine rings is 2. The first-order valence-corrected chi connectivity index (χ1v) is 13.1. The fourth-order valence-corrected chi connectivity index (χ4v) is 6.66. The van der Waals surface area contributed by atoms with Crippen LogP contribution < -0.4 is 9.80 Å². The van der Waals surface area contributed by atoms with E-state index >= 15 is 0 Å². The van der Waals surface area contributed by atoms with E-state index in [2.05, 4.69) is 31.2 Å². The largest absolute Gasteiger partial charge is 0.425 e. The van der Waals surface area contributed by atoms with Crippen molar-refractivity contribution in [2.24, 2.45) is 0 Å². The van der Waals surface area contributed by atoms with Gasteiger partial charge in [-0.05, 0) is 28.1 Å². The van der Waals surface area contributed by atoms with Gasteiger partial charge in [0.2, 0.25) is 15.8 Å². The summed E-state index contributed by atoms with van der Waals surface area (Å²) < 4.78 is 28.3. The van der Waals surface area contributed by atoms with Gasteiger partial charge in [-0.3, -0.25) is 4.90 Å². The number of urea groups is 1. The molecule has 9 nitrogen and oxygen atoms in total. The second-order valence-electron chi connectivity index (χ2n) is 7.95. The molecule has 2 fully saturated rings. The van der Waals surface area contributed by atoms with Crippen LogP contribution in [0, 0.1) is 0 Å². The fraction of sp³-hybridized carbons (Fsp3) is 0.476. The number of benzene rings is 1. The van der Waals surface area contributed by atoms with Gasteiger partial charge in [0, 0.05) is 62.4 Å². The first kappa shape index (κ1) is 23.2. The summed E-state index contributed by atoms with van der Waals surface area (Å²) in [4.78, 5) is 24.8. The van der Waals surface area contributed by atoms with Crippen LogP contribution in [0.4, 0.5) is 10.6 Å². The number of nitrogens with zero attached hydrogens (tertiary/aromatic N) is 5. The maximum atomic E-state index is 13.8. The van der Waals surface area contributed by atoms with Crippen LogP contribution in [0.25, 0.3) is 0 Å². The van der Waals surface area contributed by atoms with Crippen LogP contribution in [0.5, 0.6) is 0 Å². The minimum atomic E-state index is -3.63. The molecule has 2 saturated heterocycles. The Morgan fingerprint density at radius 3 is 2.47 bits per heavy atom. The van der Waals surface area contributed by atoms with Gasteiger partial charge in [-0.15, -0.1) is 0 Å². The minimum Gasteiger partial charge on any atom is -0.306 e. The minimum absolute atomic E-state index is 0.0230. The third-order valence-electron chi connectivity index (χ3n) is 6.12. The molecule has 0 unspecified atom stereocenters. The summed E-state index contributed by atoms with van der Waals surface area (Å²) in [6.07, 6.45) is 2.42. The zero-order chi connectivity index (χ0) is 22.8. The van der Waals surface area contributed by atoms with Crippen LogP contribution in [0.1, 0.15) is 12.7 Å². The molecule has 2 amide bonds. The lowest BCUT2D eigenvalue weighted by Crippen LogP contribution is -2.68. The Bertz CT molecular complexity index is 1080. The molecule has 2 aliphatic heterocycles. The number of hydrogen-bond acceptors (Lipinski definition) is 6. The molecule has 3 heterocycles. The Labute approximate surface area is 197 Å². The van der Waals surface area contributed by atoms with Gasteiger partial charge < -0.3 is 5.32 Å². The molecule has 172 valence electrons. The summed E-state index contributed by atoms with van der Waals surface area (Å²) in [5, 5.41) is 3.32. The number of rotatable bonds is 4. The maximum Gasteiger partial charge on any atom is 0.425 e. The number of aryl methyl sites for hydroxylation is 1. The standard InChI is InChI=1S/C21H28BrN6O3S/c1-2-19-24-8-7-20(25-19)28(15-9-23-10-16-28)21(29)26-11-13-27(14-12-26)32(30,31)18-6-4-3-5-17(18)22/h3-8,23H,2,9-16H2,1H3/q+1. The summed E-state index contributed by atoms with van der Waals surface area (Å²) in [7, 11) is -3.63. The number of carbonyl (C=O) groups excluding carboxylic acids is 1. The van der Waals surface area contributed by atoms with E-state index in [0.29, 0.717) is 56.0 Å². The molecule has 2 aliphatic rings. The van der Waals surface area contributed by atoms with E-state index in [9.17, 15) is 13.2 Å². The van der Waals surface area contributed by atoms with Gasteiger partial charge >= 0.3 is 6.03 Å². The van der Waals surface area contributed by atoms with E-state index in [1.54, 1.807) is 35.4 Å². The number of halogens is 1. The number of quaternary nitrogens is 1. The van der Waals surface area contributed by atoms with Gasteiger partial charge in [-0.2, -0.15) is 13.8 Å². The van der Waals surface area contributed by atoms with E-state index in [1.165, 1.54) is 4.31 Å². The van der Waals surface area contributed by atoms with E-state index in [1.807, 2.05) is 13.0 Å². The summed E-state index contributed by atoms with van der Waals surface area (Å²) in [5.74, 6) is 1.43. The predicted octanol–water partition coefficient (Wildman–Crippen LogP) is 1.84. The molecule has 0 aliphatic carbocycles. The molecule has 2 aromatic rings. The van der Waals surface area contributed by atoms with Crippen molar-refractivity contribution in [2.75, 3.05) is 52.4 Å². The molecule has 0 atom stereocenters. The van der Waals surface area contributed by atoms with E-state index in [-0.39, 0.29) is 28.5 Å². The smallest absolute Gasteiger partial charge is 0.306 e. The molecule has 0 saturated carbocycles. The highest BCUT2D eigenvalue weighted by Crippen LogP contribution is 2.28. The third-order valence-corrected chi connectivity index (χ3v) is 9.03. The Balaban J connectivity index is 1.54. The van der Waals surface area contributed by atoms with E-state index < -0.39 is 10.0 Å². The van der Waals surface area contributed by atoms with Crippen molar-refractivity contribution in [1.29, 1.82) is 0 Å². The van der Waals surface area contributed by atoms with Gasteiger partial charge in [-0.25, -0.2) is 18.2 Å². The molecule has 1 aromatic carbocycles. The fourth-order valence-electron chi connectivity index (χ4n) is 4.28. The summed E-state index contributed by atoms with van der Waals surface area (Å²) >= 11 is 3.34. The Hall–Kier alpha value is -1.92. The van der Waals surface area contributed by atoms with Crippen LogP contribution in [0.15, 0.2) is 45.9 Å². The van der Waals surface area contributed by atoms with Crippen LogP contribution in [0.3, 0.4) is 0 Å². The van der Waals surface area contributed by atoms with Crippen LogP contribution in [-0.2, 0) is 16.4 Å². The first-order valence-electron chi connectivity index (χ1n) is 10.8. The topological polar surface area (TPSA) is 95.5 Å². The second kappa shape index (κ2) is 9.52. The van der Waals surface area contributed by atoms with Crippen molar-refractivity contribution >= 4 is 37.8 Å². The summed E-state index contributed by atoms with van der Waals surface area (Å²) in [6, 6.07) is 8.62. The third kappa shape index (κ3) is 4.32. The van der Waals surface area contributed by atoms with Crippen molar-refractivity contribution in [2.45, 2.75) is 18.2 Å². The summed E-state index contributed by atoms with van der Waals surface area (Å²) in [6.45, 7) is 5.86. The quantitative estimate of drug-likeness (QED) is 0.614. The SMILES string of the molecule is CCc1nccc([N+]2(C(=O)N3CCN(S(=O)(=O)c4ccccc4Br)CC3)CCNCC2)n1. The normalized spacial score (nSPS) is 19.6. The Morgan fingerprint density at radius 2 is 1.81 bits per heavy atom. The highest BCUT2D eigenvalue weighted by molar-refractivity contribution is 9.10. The molecule has 0 bridgehead atoms. The number of amides is 2. The average molecular weight is 524 g/mol. The van der Waals surface area contributed by atoms with Crippen molar-refractivity contribution in [3.8, 4) is 0 Å². The zero-order valence-electron chi connectivity index (χ0n) is 18.1. The van der Waals surface area contributed by atoms with Gasteiger partial charge in [0.1, 0.15) is 18.9 Å². The van der Waals surface area contributed by atoms with Gasteiger partial charge in [0.25, 0.3) is 0 Å². The van der Waals surface area contributed by atoms with Crippen LogP contribution in [-0.4, -0.2) is 86.0 Å². The van der Waals surface area contributed by atoms with Crippen molar-refractivity contribution in [3.63, 3.8) is 0 Å². The van der Waals surface area contributed by atoms with E-state index in [0.717, 1.165) is 5.82 Å². The van der Waals surface area contributed by atoms with Crippen molar-refractivity contribution < 1.29 is 13.2 Å². The lowest BCUT2D eigenvalue weighted by atomic mass is 10.2. The molecule has 0 radical (unpaired) electrons. The first-order chi connectivity index (χ1) is 15.4. The lowest BCUT2D eigenvalue weighted by Gasteiger charge is -2.42. The predicted molar refractivity (Wildman–Crippen MR) is 126 cm³/mol. The molecule has 11 heteroatoms. The molecule has 1 aromatic heterocycles. The second-order valence-corrected chi connectivity index (χ2v) is 10.7. The molecule has 0 spiro atoms. The number of sulfonamides is 1. The van der Waals surface area contributed by atoms with Gasteiger partial charge in [0.05, 0.1) is 4.90 Å². The number of aromatic nitrogens is 2. The lowest BCUT2D eigenvalue weighted by molar-refractivity contribution is 0.129. The number of hydrogen-bond donors (Lipinski definition) is 1. The zero-order valence-corrected chi connectivity index (χ0v) is 20.5. The molecule has 4 rings (SSSR count). The monoisotopic (exact) mass is 523 g/mol. The molecule has 32 heavy (non-hydrogen) atoms. The number of carbonyl (C=O) groups is 1. The van der Waals surface area contributed by atoms with Crippen LogP contribution in [0.2, 0.25) is 0 Å². The molecular formula is C21H28BrN6O3S+. The molecule has 1 N–H and O–H groups in total. The van der Waals surface area contributed by atoms with E-state index in [4.69, 9.17) is 0 Å². The average Bonchev–Trinajstić information content (AvgIpc) is 2.84. The highest BCUT2D eigenvalue weighted by Gasteiger charge is 2.46. The maximum absolute atomic E-state index is 13.8. The Kier molecular flexibility index (Phi) is 6.91. The van der Waals surface area contributed by atoms with Crippen molar-refractivity contribution in [1.82, 2.24) is 29.0 Å². The van der Waals surface area contributed by atoms with Crippen LogP contribution >= 0.6 is 15.9 Å². The van der Waals surface area contributed by atoms with Gasteiger partial charge in [-0.1, -0.05) is 19.1 Å². The summed E-state index contributed by atoms with van der Waals surface area (Å²) in [5.41, 5.74) is 0. The highest BCUT2D eigenvalue weighted by atomic mass is 79.9. The molecular weight excluding hydrogens is 496 g/mol. The Morgan fingerprint density at radius 1 is 1.12 bits per heavy atom. The number of nitrogens with one attached hydrogen (secondary N) is 1.